The Morgan fingerprint density at radius 2 is 1.89 bits per heavy atom. The average molecular weight is 522 g/mol. The maximum absolute atomic E-state index is 14.4. The molecule has 1 saturated heterocycles. The number of fused-ring (bicyclic) bond motifs is 3. The zero-order valence-electron chi connectivity index (χ0n) is 19.6. The minimum atomic E-state index is -4.86. The predicted octanol–water partition coefficient (Wildman–Crippen LogP) is 1.91. The summed E-state index contributed by atoms with van der Waals surface area (Å²) in [7, 11) is 0. The molecule has 1 aliphatic heterocycles. The lowest BCUT2D eigenvalue weighted by Gasteiger charge is -2.48. The summed E-state index contributed by atoms with van der Waals surface area (Å²) in [6.07, 6.45) is -4.60. The number of hydrogen-bond acceptors (Lipinski definition) is 9. The number of alkyl halides is 3. The highest BCUT2D eigenvalue weighted by atomic mass is 19.4. The van der Waals surface area contributed by atoms with Crippen LogP contribution in [0.5, 0.6) is 5.75 Å². The number of phenolic OH excluding ortho intramolecular Hbond substituents is 1. The molecule has 0 aromatic heterocycles. The highest BCUT2D eigenvalue weighted by Crippen LogP contribution is 2.54. The summed E-state index contributed by atoms with van der Waals surface area (Å²) in [6, 6.07) is -1.35. The molecule has 0 spiro atoms. The number of halogens is 3. The van der Waals surface area contributed by atoms with Crippen LogP contribution >= 0.6 is 0 Å². The number of aliphatic hydroxyl groups is 3. The number of Topliss-reactive ketones (excluding diaryl/α,β-unsaturated/α-hetero) is 3. The molecule has 1 unspecified atom stereocenters. The van der Waals surface area contributed by atoms with Crippen molar-refractivity contribution in [1.82, 2.24) is 5.32 Å². The zero-order chi connectivity index (χ0) is 27.2. The summed E-state index contributed by atoms with van der Waals surface area (Å²) in [5.41, 5.74) is -0.385. The third kappa shape index (κ3) is 3.39. The van der Waals surface area contributed by atoms with Gasteiger partial charge in [-0.3, -0.25) is 14.4 Å². The second-order valence-corrected chi connectivity index (χ2v) is 10.1. The van der Waals surface area contributed by atoms with Crippen LogP contribution in [0.4, 0.5) is 13.2 Å². The van der Waals surface area contributed by atoms with E-state index in [2.05, 4.69) is 5.32 Å². The van der Waals surface area contributed by atoms with Gasteiger partial charge in [0.2, 0.25) is 5.78 Å². The fraction of sp³-hybridized carbons (Fsp3) is 0.480. The van der Waals surface area contributed by atoms with E-state index in [1.807, 2.05) is 0 Å². The van der Waals surface area contributed by atoms with Gasteiger partial charge in [-0.1, -0.05) is 0 Å². The summed E-state index contributed by atoms with van der Waals surface area (Å²) in [6.45, 7) is 1.44. The van der Waals surface area contributed by atoms with Gasteiger partial charge in [0.05, 0.1) is 17.2 Å². The van der Waals surface area contributed by atoms with Crippen LogP contribution in [0.1, 0.15) is 54.5 Å². The number of nitrogens with two attached hydrogens (primary N) is 1. The van der Waals surface area contributed by atoms with Gasteiger partial charge in [-0.05, 0) is 62.3 Å². The van der Waals surface area contributed by atoms with E-state index in [4.69, 9.17) is 5.73 Å². The van der Waals surface area contributed by atoms with Crippen molar-refractivity contribution < 1.29 is 48.0 Å². The first-order valence-electron chi connectivity index (χ1n) is 11.9. The van der Waals surface area contributed by atoms with Crippen LogP contribution in [-0.2, 0) is 27.0 Å². The van der Waals surface area contributed by atoms with Crippen molar-refractivity contribution in [2.75, 3.05) is 6.54 Å². The number of rotatable bonds is 2. The van der Waals surface area contributed by atoms with Crippen molar-refractivity contribution in [2.45, 2.75) is 56.5 Å². The first-order chi connectivity index (χ1) is 17.2. The number of aromatic hydroxyl groups is 1. The van der Waals surface area contributed by atoms with E-state index >= 15 is 0 Å². The number of benzene rings is 1. The van der Waals surface area contributed by atoms with Gasteiger partial charge in [-0.15, -0.1) is 0 Å². The number of ketones is 3. The van der Waals surface area contributed by atoms with Crippen LogP contribution in [0.15, 0.2) is 23.0 Å². The number of nitrogens with one attached hydrogen (secondary N) is 1. The van der Waals surface area contributed by atoms with Gasteiger partial charge < -0.3 is 31.5 Å². The highest BCUT2D eigenvalue weighted by Gasteiger charge is 2.63. The number of carbonyl (C=O) groups is 3. The molecule has 5 atom stereocenters. The normalized spacial score (nSPS) is 31.8. The molecule has 1 aromatic carbocycles. The summed E-state index contributed by atoms with van der Waals surface area (Å²) in [4.78, 5) is 38.3. The summed E-state index contributed by atoms with van der Waals surface area (Å²) >= 11 is 0. The average Bonchev–Trinajstić information content (AvgIpc) is 3.33. The lowest BCUT2D eigenvalue weighted by Crippen LogP contribution is -2.64. The quantitative estimate of drug-likeness (QED) is 0.318. The minimum absolute atomic E-state index is 0.174. The van der Waals surface area contributed by atoms with Crippen LogP contribution < -0.4 is 11.1 Å². The van der Waals surface area contributed by atoms with Gasteiger partial charge in [0.25, 0.3) is 0 Å². The van der Waals surface area contributed by atoms with E-state index in [9.17, 15) is 48.0 Å². The standard InChI is InChI=1S/C25H25F3N2O7/c1-8(31)15-21(34)19(29)12-6-9-5-11-17(20(33)16(9)23(36)24(12,37)22(15)35)14(32)7-10(13-3-2-4-30-13)18(11)25(26,27)28/h7,9,12-13,19,30,32-33,35,37H,2-6,29H2,1H3/t9-,12-,13?,19-,24+/m0/s1. The first kappa shape index (κ1) is 25.4. The topological polar surface area (TPSA) is 170 Å². The third-order valence-electron chi connectivity index (χ3n) is 8.11. The molecular weight excluding hydrogens is 497 g/mol. The SMILES string of the molecule is CC(=O)C1=C(O)[C@@]2(O)C(=O)C3=C(O)c4c(O)cc(C5CCCN5)c(C(F)(F)F)c4C[C@H]3C[C@H]2[C@H](N)C1=O. The molecule has 7 N–H and O–H groups in total. The molecule has 4 aliphatic rings. The molecule has 1 saturated carbocycles. The van der Waals surface area contributed by atoms with E-state index in [0.29, 0.717) is 19.4 Å². The Morgan fingerprint density at radius 3 is 2.46 bits per heavy atom. The molecule has 5 rings (SSSR count). The van der Waals surface area contributed by atoms with Gasteiger partial charge in [0.1, 0.15) is 22.8 Å². The fourth-order valence-electron chi connectivity index (χ4n) is 6.48. The highest BCUT2D eigenvalue weighted by molar-refractivity contribution is 6.24. The van der Waals surface area contributed by atoms with Crippen molar-refractivity contribution in [3.8, 4) is 5.75 Å². The molecule has 37 heavy (non-hydrogen) atoms. The molecule has 0 radical (unpaired) electrons. The molecule has 198 valence electrons. The van der Waals surface area contributed by atoms with Gasteiger partial charge >= 0.3 is 6.18 Å². The third-order valence-corrected chi connectivity index (χ3v) is 8.11. The van der Waals surface area contributed by atoms with Gasteiger partial charge in [-0.2, -0.15) is 13.2 Å². The summed E-state index contributed by atoms with van der Waals surface area (Å²) < 4.78 is 43.2. The predicted molar refractivity (Wildman–Crippen MR) is 121 cm³/mol. The maximum atomic E-state index is 14.4. The van der Waals surface area contributed by atoms with Crippen molar-refractivity contribution in [3.05, 3.63) is 45.2 Å². The van der Waals surface area contributed by atoms with Crippen molar-refractivity contribution in [3.63, 3.8) is 0 Å². The second kappa shape index (κ2) is 8.14. The Morgan fingerprint density at radius 1 is 1.22 bits per heavy atom. The molecule has 0 bridgehead atoms. The molecule has 1 heterocycles. The van der Waals surface area contributed by atoms with Crippen LogP contribution in [0.25, 0.3) is 5.76 Å². The Balaban J connectivity index is 1.75. The molecule has 12 heteroatoms. The second-order valence-electron chi connectivity index (χ2n) is 10.1. The molecule has 9 nitrogen and oxygen atoms in total. The lowest BCUT2D eigenvalue weighted by atomic mass is 9.57. The Hall–Kier alpha value is -3.22. The largest absolute Gasteiger partial charge is 0.508 e. The Kier molecular flexibility index (Phi) is 5.59. The van der Waals surface area contributed by atoms with Crippen LogP contribution in [0, 0.1) is 11.8 Å². The Bertz CT molecular complexity index is 1330. The summed E-state index contributed by atoms with van der Waals surface area (Å²) in [5.74, 6) is -8.61. The molecule has 3 aliphatic carbocycles. The van der Waals surface area contributed by atoms with Crippen LogP contribution in [0.3, 0.4) is 0 Å². The Labute approximate surface area is 208 Å². The van der Waals surface area contributed by atoms with E-state index in [1.54, 1.807) is 0 Å². The van der Waals surface area contributed by atoms with E-state index in [-0.39, 0.29) is 12.0 Å². The van der Waals surface area contributed by atoms with Crippen molar-refractivity contribution in [1.29, 1.82) is 0 Å². The number of aliphatic hydroxyl groups excluding tert-OH is 2. The smallest absolute Gasteiger partial charge is 0.417 e. The molecule has 2 fully saturated rings. The molecule has 1 aromatic rings. The van der Waals surface area contributed by atoms with Crippen LogP contribution in [0.2, 0.25) is 0 Å². The summed E-state index contributed by atoms with van der Waals surface area (Å²) in [5, 5.41) is 46.8. The molecule has 0 amide bonds. The maximum Gasteiger partial charge on any atom is 0.417 e. The van der Waals surface area contributed by atoms with E-state index < -0.39 is 105 Å². The van der Waals surface area contributed by atoms with Gasteiger partial charge in [-0.25, -0.2) is 0 Å². The number of carbonyl (C=O) groups excluding carboxylic acids is 3. The van der Waals surface area contributed by atoms with Gasteiger partial charge in [0.15, 0.2) is 17.2 Å². The number of phenols is 1. The number of hydrogen-bond donors (Lipinski definition) is 6. The van der Waals surface area contributed by atoms with Crippen molar-refractivity contribution in [2.24, 2.45) is 17.6 Å². The monoisotopic (exact) mass is 522 g/mol. The van der Waals surface area contributed by atoms with E-state index in [1.165, 1.54) is 0 Å². The first-order valence-corrected chi connectivity index (χ1v) is 11.9. The molecular formula is C25H25F3N2O7. The van der Waals surface area contributed by atoms with E-state index in [0.717, 1.165) is 13.0 Å². The van der Waals surface area contributed by atoms with Crippen LogP contribution in [-0.4, -0.2) is 56.0 Å². The fourth-order valence-corrected chi connectivity index (χ4v) is 6.48. The lowest BCUT2D eigenvalue weighted by molar-refractivity contribution is -0.149. The van der Waals surface area contributed by atoms with Gasteiger partial charge in [0, 0.05) is 17.5 Å². The van der Waals surface area contributed by atoms with Crippen molar-refractivity contribution >= 4 is 23.1 Å². The zero-order valence-corrected chi connectivity index (χ0v) is 19.6. The minimum Gasteiger partial charge on any atom is -0.508 e.